The van der Waals surface area contributed by atoms with Crippen molar-refractivity contribution >= 4 is 34.5 Å². The third-order valence-electron chi connectivity index (χ3n) is 2.02. The maximum Gasteiger partial charge on any atom is 0.325 e. The van der Waals surface area contributed by atoms with E-state index in [9.17, 15) is 9.59 Å². The van der Waals surface area contributed by atoms with Crippen LogP contribution in [0.25, 0.3) is 0 Å². The van der Waals surface area contributed by atoms with Crippen LogP contribution in [0.3, 0.4) is 0 Å². The summed E-state index contributed by atoms with van der Waals surface area (Å²) in [7, 11) is 1.30. The number of ether oxygens (including phenoxy) is 1. The predicted molar refractivity (Wildman–Crippen MR) is 63.0 cm³/mol. The maximum atomic E-state index is 11.1. The lowest BCUT2D eigenvalue weighted by molar-refractivity contribution is -0.140. The van der Waals surface area contributed by atoms with E-state index in [1.165, 1.54) is 11.8 Å². The quantitative estimate of drug-likeness (QED) is 0.642. The van der Waals surface area contributed by atoms with Crippen LogP contribution >= 0.6 is 22.6 Å². The Morgan fingerprint density at radius 2 is 2.19 bits per heavy atom. The first-order valence-corrected chi connectivity index (χ1v) is 5.54. The van der Waals surface area contributed by atoms with Crippen molar-refractivity contribution in [2.24, 2.45) is 0 Å². The van der Waals surface area contributed by atoms with Crippen LogP contribution in [-0.4, -0.2) is 33.9 Å². The van der Waals surface area contributed by atoms with E-state index in [1.54, 1.807) is 6.92 Å². The average Bonchev–Trinajstić information content (AvgIpc) is 2.46. The Hall–Kier alpha value is -1.12. The number of esters is 1. The molecular formula is C9H11IN2O4. The lowest BCUT2D eigenvalue weighted by Gasteiger charge is -1.98. The van der Waals surface area contributed by atoms with Crippen LogP contribution < -0.4 is 0 Å². The zero-order valence-electron chi connectivity index (χ0n) is 8.86. The summed E-state index contributed by atoms with van der Waals surface area (Å²) in [5.41, 5.74) is 1.29. The van der Waals surface area contributed by atoms with Crippen molar-refractivity contribution in [1.82, 2.24) is 9.78 Å². The molecule has 6 nitrogen and oxygen atoms in total. The van der Waals surface area contributed by atoms with Gasteiger partial charge in [-0.15, -0.1) is 0 Å². The minimum absolute atomic E-state index is 0.0578. The predicted octanol–water partition coefficient (Wildman–Crippen LogP) is 0.596. The largest absolute Gasteiger partial charge is 0.480 e. The number of hydrogen-bond acceptors (Lipinski definition) is 4. The van der Waals surface area contributed by atoms with Gasteiger partial charge in [-0.05, 0) is 29.5 Å². The Labute approximate surface area is 106 Å². The van der Waals surface area contributed by atoms with Gasteiger partial charge in [0.15, 0.2) is 0 Å². The number of carbonyl (C=O) groups excluding carboxylic acids is 1. The second kappa shape index (κ2) is 5.28. The van der Waals surface area contributed by atoms with Crippen molar-refractivity contribution in [1.29, 1.82) is 0 Å². The van der Waals surface area contributed by atoms with Gasteiger partial charge in [0.05, 0.1) is 22.8 Å². The van der Waals surface area contributed by atoms with Gasteiger partial charge in [-0.1, -0.05) is 0 Å². The molecular weight excluding hydrogens is 327 g/mol. The highest BCUT2D eigenvalue weighted by atomic mass is 127. The number of carboxylic acids is 1. The molecule has 0 bridgehead atoms. The summed E-state index contributed by atoms with van der Waals surface area (Å²) < 4.78 is 6.69. The summed E-state index contributed by atoms with van der Waals surface area (Å²) in [6.45, 7) is 1.56. The Balaban J connectivity index is 2.95. The average molecular weight is 338 g/mol. The number of rotatable bonds is 4. The van der Waals surface area contributed by atoms with Crippen molar-refractivity contribution in [3.8, 4) is 0 Å². The number of methoxy groups -OCH3 is 1. The Morgan fingerprint density at radius 1 is 1.56 bits per heavy atom. The first kappa shape index (κ1) is 12.9. The van der Waals surface area contributed by atoms with Crippen molar-refractivity contribution in [2.45, 2.75) is 19.9 Å². The Morgan fingerprint density at radius 3 is 2.69 bits per heavy atom. The summed E-state index contributed by atoms with van der Waals surface area (Å²) in [6.07, 6.45) is 0.0578. The van der Waals surface area contributed by atoms with E-state index in [0.717, 1.165) is 9.26 Å². The molecule has 1 rings (SSSR count). The molecule has 88 valence electrons. The van der Waals surface area contributed by atoms with E-state index in [0.29, 0.717) is 5.69 Å². The first-order valence-electron chi connectivity index (χ1n) is 4.46. The van der Waals surface area contributed by atoms with Crippen LogP contribution in [0, 0.1) is 10.5 Å². The van der Waals surface area contributed by atoms with Crippen LogP contribution in [0.4, 0.5) is 0 Å². The van der Waals surface area contributed by atoms with Crippen molar-refractivity contribution in [3.05, 3.63) is 15.0 Å². The van der Waals surface area contributed by atoms with Crippen LogP contribution in [-0.2, 0) is 27.3 Å². The summed E-state index contributed by atoms with van der Waals surface area (Å²) >= 11 is 2.04. The van der Waals surface area contributed by atoms with Crippen LogP contribution in [0.15, 0.2) is 0 Å². The number of halogens is 1. The van der Waals surface area contributed by atoms with Crippen LogP contribution in [0.2, 0.25) is 0 Å². The van der Waals surface area contributed by atoms with Gasteiger partial charge in [0.1, 0.15) is 6.54 Å². The van der Waals surface area contributed by atoms with Gasteiger partial charge in [0.2, 0.25) is 0 Å². The van der Waals surface area contributed by atoms with Gasteiger partial charge in [-0.2, -0.15) is 5.10 Å². The topological polar surface area (TPSA) is 81.4 Å². The normalized spacial score (nSPS) is 10.2. The maximum absolute atomic E-state index is 11.1. The second-order valence-corrected chi connectivity index (χ2v) is 4.23. The molecule has 0 aliphatic rings. The van der Waals surface area contributed by atoms with Crippen molar-refractivity contribution in [2.75, 3.05) is 7.11 Å². The van der Waals surface area contributed by atoms with E-state index in [-0.39, 0.29) is 13.0 Å². The van der Waals surface area contributed by atoms with Crippen LogP contribution in [0.5, 0.6) is 0 Å². The number of aliphatic carboxylic acids is 1. The molecule has 0 spiro atoms. The monoisotopic (exact) mass is 338 g/mol. The molecule has 0 unspecified atom stereocenters. The SMILES string of the molecule is COC(=O)Cc1nn(CC(=O)O)c(C)c1I. The molecule has 0 radical (unpaired) electrons. The first-order chi connectivity index (χ1) is 7.45. The van der Waals surface area contributed by atoms with E-state index >= 15 is 0 Å². The third kappa shape index (κ3) is 2.94. The van der Waals surface area contributed by atoms with Crippen molar-refractivity contribution < 1.29 is 19.4 Å². The molecule has 1 heterocycles. The van der Waals surface area contributed by atoms with E-state index in [1.807, 2.05) is 22.6 Å². The van der Waals surface area contributed by atoms with E-state index < -0.39 is 11.9 Å². The van der Waals surface area contributed by atoms with Gasteiger partial charge in [0.25, 0.3) is 0 Å². The standard InChI is InChI=1S/C9H11IN2O4/c1-5-9(10)6(3-8(15)16-2)11-12(5)4-7(13)14/h3-4H2,1-2H3,(H,13,14). The fourth-order valence-electron chi connectivity index (χ4n) is 1.19. The van der Waals surface area contributed by atoms with Gasteiger partial charge in [-0.3, -0.25) is 14.3 Å². The highest BCUT2D eigenvalue weighted by molar-refractivity contribution is 14.1. The smallest absolute Gasteiger partial charge is 0.325 e. The van der Waals surface area contributed by atoms with Gasteiger partial charge in [-0.25, -0.2) is 0 Å². The fraction of sp³-hybridized carbons (Fsp3) is 0.444. The lowest BCUT2D eigenvalue weighted by atomic mass is 10.3. The summed E-state index contributed by atoms with van der Waals surface area (Å²) in [4.78, 5) is 21.7. The lowest BCUT2D eigenvalue weighted by Crippen LogP contribution is -2.12. The van der Waals surface area contributed by atoms with E-state index in [4.69, 9.17) is 5.11 Å². The minimum atomic E-state index is -0.966. The number of aromatic nitrogens is 2. The molecule has 0 aliphatic carbocycles. The zero-order chi connectivity index (χ0) is 12.3. The molecule has 0 amide bonds. The molecule has 16 heavy (non-hydrogen) atoms. The van der Waals surface area contributed by atoms with Gasteiger partial charge < -0.3 is 9.84 Å². The molecule has 7 heteroatoms. The van der Waals surface area contributed by atoms with Crippen LogP contribution in [0.1, 0.15) is 11.4 Å². The molecule has 0 saturated heterocycles. The summed E-state index contributed by atoms with van der Waals surface area (Å²) in [5.74, 6) is -1.36. The Bertz CT molecular complexity index is 427. The molecule has 0 atom stereocenters. The molecule has 0 aromatic carbocycles. The number of carbonyl (C=O) groups is 2. The molecule has 1 N–H and O–H groups in total. The van der Waals surface area contributed by atoms with E-state index in [2.05, 4.69) is 9.84 Å². The van der Waals surface area contributed by atoms with Crippen molar-refractivity contribution in [3.63, 3.8) is 0 Å². The highest BCUT2D eigenvalue weighted by Crippen LogP contribution is 2.17. The summed E-state index contributed by atoms with van der Waals surface area (Å²) in [6, 6.07) is 0. The minimum Gasteiger partial charge on any atom is -0.480 e. The fourth-order valence-corrected chi connectivity index (χ4v) is 1.77. The third-order valence-corrected chi connectivity index (χ3v) is 3.43. The molecule has 0 aliphatic heterocycles. The number of hydrogen-bond donors (Lipinski definition) is 1. The molecule has 0 fully saturated rings. The summed E-state index contributed by atoms with van der Waals surface area (Å²) in [5, 5.41) is 12.7. The zero-order valence-corrected chi connectivity index (χ0v) is 11.0. The Kier molecular flexibility index (Phi) is 4.27. The second-order valence-electron chi connectivity index (χ2n) is 3.15. The molecule has 0 saturated carbocycles. The molecule has 1 aromatic heterocycles. The highest BCUT2D eigenvalue weighted by Gasteiger charge is 2.16. The number of carboxylic acid groups (broad SMARTS) is 1. The van der Waals surface area contributed by atoms with Gasteiger partial charge in [0, 0.05) is 5.69 Å². The molecule has 1 aromatic rings. The van der Waals surface area contributed by atoms with Gasteiger partial charge >= 0.3 is 11.9 Å². The number of nitrogens with zero attached hydrogens (tertiary/aromatic N) is 2.